The van der Waals surface area contributed by atoms with Crippen LogP contribution in [0, 0.1) is 5.92 Å². The van der Waals surface area contributed by atoms with Crippen LogP contribution in [-0.2, 0) is 25.5 Å². The van der Waals surface area contributed by atoms with Gasteiger partial charge in [-0.25, -0.2) is 9.59 Å². The molecule has 1 fully saturated rings. The molecule has 1 aliphatic carbocycles. The van der Waals surface area contributed by atoms with E-state index >= 15 is 0 Å². The van der Waals surface area contributed by atoms with Crippen LogP contribution in [0.4, 0.5) is 0 Å². The summed E-state index contributed by atoms with van der Waals surface area (Å²) in [6.45, 7) is 8.12. The fourth-order valence-electron chi connectivity index (χ4n) is 3.63. The van der Waals surface area contributed by atoms with Crippen LogP contribution in [0.5, 0.6) is 5.75 Å². The van der Waals surface area contributed by atoms with Crippen molar-refractivity contribution in [3.8, 4) is 5.75 Å². The number of carbonyl (C=O) groups is 2. The molecule has 0 radical (unpaired) electrons. The van der Waals surface area contributed by atoms with Gasteiger partial charge < -0.3 is 14.2 Å². The Balaban J connectivity index is 1.90. The SMILES string of the molecule is CCOC(=O)/C=C(/C)COc1ccc(C[C@@H]2CCCC[C@H]2OC(=O)C=C(C)C)cc1. The van der Waals surface area contributed by atoms with Gasteiger partial charge in [0.15, 0.2) is 0 Å². The van der Waals surface area contributed by atoms with Crippen LogP contribution in [0.15, 0.2) is 47.6 Å². The molecule has 0 saturated heterocycles. The van der Waals surface area contributed by atoms with E-state index < -0.39 is 0 Å². The number of esters is 2. The summed E-state index contributed by atoms with van der Waals surface area (Å²) < 4.78 is 16.4. The Kier molecular flexibility index (Phi) is 9.65. The van der Waals surface area contributed by atoms with Gasteiger partial charge in [-0.05, 0) is 82.6 Å². The van der Waals surface area contributed by atoms with E-state index in [1.165, 1.54) is 18.1 Å². The molecular weight excluding hydrogens is 380 g/mol. The minimum Gasteiger partial charge on any atom is -0.489 e. The second kappa shape index (κ2) is 12.2. The zero-order valence-corrected chi connectivity index (χ0v) is 18.6. The van der Waals surface area contributed by atoms with Gasteiger partial charge in [0, 0.05) is 12.2 Å². The van der Waals surface area contributed by atoms with Gasteiger partial charge >= 0.3 is 11.9 Å². The zero-order valence-electron chi connectivity index (χ0n) is 18.6. The summed E-state index contributed by atoms with van der Waals surface area (Å²) in [5.41, 5.74) is 2.97. The van der Waals surface area contributed by atoms with Gasteiger partial charge in [0.05, 0.1) is 6.61 Å². The lowest BCUT2D eigenvalue weighted by Crippen LogP contribution is -2.31. The third-order valence-corrected chi connectivity index (χ3v) is 5.05. The monoisotopic (exact) mass is 414 g/mol. The van der Waals surface area contributed by atoms with E-state index in [0.717, 1.165) is 42.6 Å². The van der Waals surface area contributed by atoms with Gasteiger partial charge in [-0.1, -0.05) is 24.1 Å². The first kappa shape index (κ1) is 23.7. The van der Waals surface area contributed by atoms with Crippen molar-refractivity contribution >= 4 is 11.9 Å². The fourth-order valence-corrected chi connectivity index (χ4v) is 3.63. The summed E-state index contributed by atoms with van der Waals surface area (Å²) in [7, 11) is 0. The van der Waals surface area contributed by atoms with Crippen molar-refractivity contribution in [2.24, 2.45) is 5.92 Å². The topological polar surface area (TPSA) is 61.8 Å². The molecule has 0 aliphatic heterocycles. The van der Waals surface area contributed by atoms with Crippen LogP contribution >= 0.6 is 0 Å². The van der Waals surface area contributed by atoms with Crippen molar-refractivity contribution in [2.45, 2.75) is 65.9 Å². The highest BCUT2D eigenvalue weighted by Crippen LogP contribution is 2.30. The van der Waals surface area contributed by atoms with Crippen molar-refractivity contribution in [3.63, 3.8) is 0 Å². The van der Waals surface area contributed by atoms with Gasteiger partial charge in [-0.2, -0.15) is 0 Å². The molecule has 5 nitrogen and oxygen atoms in total. The molecule has 0 bridgehead atoms. The lowest BCUT2D eigenvalue weighted by Gasteiger charge is -2.31. The summed E-state index contributed by atoms with van der Waals surface area (Å²) in [5.74, 6) is 0.517. The molecular formula is C25H34O5. The lowest BCUT2D eigenvalue weighted by molar-refractivity contribution is -0.147. The zero-order chi connectivity index (χ0) is 21.9. The molecule has 164 valence electrons. The molecule has 0 heterocycles. The average molecular weight is 415 g/mol. The number of ether oxygens (including phenoxy) is 3. The van der Waals surface area contributed by atoms with Crippen LogP contribution in [0.1, 0.15) is 58.9 Å². The highest BCUT2D eigenvalue weighted by Gasteiger charge is 2.28. The average Bonchev–Trinajstić information content (AvgIpc) is 2.68. The Morgan fingerprint density at radius 2 is 1.70 bits per heavy atom. The molecule has 0 unspecified atom stereocenters. The van der Waals surface area contributed by atoms with Gasteiger partial charge in [0.25, 0.3) is 0 Å². The smallest absolute Gasteiger partial charge is 0.330 e. The van der Waals surface area contributed by atoms with Gasteiger partial charge in [0.1, 0.15) is 18.5 Å². The maximum absolute atomic E-state index is 12.0. The first-order valence-corrected chi connectivity index (χ1v) is 10.8. The van der Waals surface area contributed by atoms with Crippen LogP contribution < -0.4 is 4.74 Å². The van der Waals surface area contributed by atoms with E-state index in [9.17, 15) is 9.59 Å². The predicted octanol–water partition coefficient (Wildman–Crippen LogP) is 5.19. The molecule has 30 heavy (non-hydrogen) atoms. The Morgan fingerprint density at radius 1 is 1.00 bits per heavy atom. The minimum absolute atomic E-state index is 0.0200. The van der Waals surface area contributed by atoms with Crippen molar-refractivity contribution in [1.29, 1.82) is 0 Å². The molecule has 1 aliphatic rings. The number of benzene rings is 1. The molecule has 0 spiro atoms. The van der Waals surface area contributed by atoms with Crippen LogP contribution in [-0.4, -0.2) is 31.3 Å². The Morgan fingerprint density at radius 3 is 2.37 bits per heavy atom. The Labute approximate surface area is 180 Å². The van der Waals surface area contributed by atoms with E-state index in [4.69, 9.17) is 14.2 Å². The predicted molar refractivity (Wildman–Crippen MR) is 117 cm³/mol. The van der Waals surface area contributed by atoms with Crippen molar-refractivity contribution in [2.75, 3.05) is 13.2 Å². The van der Waals surface area contributed by atoms with Crippen molar-refractivity contribution in [3.05, 3.63) is 53.1 Å². The molecule has 0 N–H and O–H groups in total. The highest BCUT2D eigenvalue weighted by atomic mass is 16.5. The molecule has 2 rings (SSSR count). The van der Waals surface area contributed by atoms with Crippen LogP contribution in [0.25, 0.3) is 0 Å². The van der Waals surface area contributed by atoms with Crippen molar-refractivity contribution in [1.82, 2.24) is 0 Å². The number of allylic oxidation sites excluding steroid dienone is 1. The van der Waals surface area contributed by atoms with Gasteiger partial charge in [-0.15, -0.1) is 0 Å². The Hall–Kier alpha value is -2.56. The highest BCUT2D eigenvalue weighted by molar-refractivity contribution is 5.83. The van der Waals surface area contributed by atoms with Crippen LogP contribution in [0.2, 0.25) is 0 Å². The number of hydrogen-bond acceptors (Lipinski definition) is 5. The third kappa shape index (κ3) is 8.44. The van der Waals surface area contributed by atoms with Gasteiger partial charge in [0.2, 0.25) is 0 Å². The maximum atomic E-state index is 12.0. The molecule has 1 aromatic carbocycles. The summed E-state index contributed by atoms with van der Waals surface area (Å²) in [6.07, 6.45) is 8.17. The summed E-state index contributed by atoms with van der Waals surface area (Å²) >= 11 is 0. The van der Waals surface area contributed by atoms with Crippen molar-refractivity contribution < 1.29 is 23.8 Å². The Bertz CT molecular complexity index is 756. The van der Waals surface area contributed by atoms with E-state index in [2.05, 4.69) is 12.1 Å². The first-order valence-electron chi connectivity index (χ1n) is 10.8. The largest absolute Gasteiger partial charge is 0.489 e. The first-order chi connectivity index (χ1) is 14.4. The lowest BCUT2D eigenvalue weighted by atomic mass is 9.82. The summed E-state index contributed by atoms with van der Waals surface area (Å²) in [5, 5.41) is 0. The van der Waals surface area contributed by atoms with E-state index in [1.807, 2.05) is 32.9 Å². The fraction of sp³-hybridized carbons (Fsp3) is 0.520. The molecule has 0 aromatic heterocycles. The maximum Gasteiger partial charge on any atom is 0.330 e. The molecule has 0 amide bonds. The summed E-state index contributed by atoms with van der Waals surface area (Å²) in [6, 6.07) is 8.01. The third-order valence-electron chi connectivity index (χ3n) is 5.05. The minimum atomic E-state index is -0.346. The summed E-state index contributed by atoms with van der Waals surface area (Å²) in [4.78, 5) is 23.5. The van der Waals surface area contributed by atoms with E-state index in [1.54, 1.807) is 13.0 Å². The number of hydrogen-bond donors (Lipinski definition) is 0. The molecule has 2 atom stereocenters. The van der Waals surface area contributed by atoms with Crippen LogP contribution in [0.3, 0.4) is 0 Å². The molecule has 1 aromatic rings. The number of carbonyl (C=O) groups excluding carboxylic acids is 2. The molecule has 5 heteroatoms. The van der Waals surface area contributed by atoms with E-state index in [-0.39, 0.29) is 18.0 Å². The quantitative estimate of drug-likeness (QED) is 0.411. The second-order valence-corrected chi connectivity index (χ2v) is 8.12. The van der Waals surface area contributed by atoms with E-state index in [0.29, 0.717) is 19.1 Å². The standard InChI is InChI=1S/C25H34O5/c1-5-28-24(26)15-19(4)17-29-22-12-10-20(11-13-22)16-21-8-6-7-9-23(21)30-25(27)14-18(2)3/h10-15,21,23H,5-9,16-17H2,1-4H3/b19-15-/t21-,23+/m0/s1. The normalized spacial score (nSPS) is 19.0. The number of rotatable bonds is 9. The van der Waals surface area contributed by atoms with Gasteiger partial charge in [-0.3, -0.25) is 0 Å². The molecule has 1 saturated carbocycles. The second-order valence-electron chi connectivity index (χ2n) is 8.12.